The molecule has 8 heteroatoms. The largest absolute Gasteiger partial charge is 0.351 e. The van der Waals surface area contributed by atoms with Crippen molar-refractivity contribution in [3.63, 3.8) is 0 Å². The summed E-state index contributed by atoms with van der Waals surface area (Å²) in [5, 5.41) is 11.1. The van der Waals surface area contributed by atoms with E-state index in [0.29, 0.717) is 30.8 Å². The number of aryl methyl sites for hydroxylation is 1. The highest BCUT2D eigenvalue weighted by Crippen LogP contribution is 2.20. The fraction of sp³-hybridized carbons (Fsp3) is 0.455. The van der Waals surface area contributed by atoms with Gasteiger partial charge in [0.1, 0.15) is 11.6 Å². The Hall–Kier alpha value is -2.90. The Kier molecular flexibility index (Phi) is 8.38. The lowest BCUT2D eigenvalue weighted by atomic mass is 10.0. The Morgan fingerprint density at radius 1 is 1.20 bits per heavy atom. The van der Waals surface area contributed by atoms with Crippen molar-refractivity contribution in [1.82, 2.24) is 20.4 Å². The molecule has 1 atom stereocenters. The highest BCUT2D eigenvalue weighted by molar-refractivity contribution is 5.94. The van der Waals surface area contributed by atoms with Crippen LogP contribution in [0.25, 0.3) is 0 Å². The molecule has 2 rings (SSSR count). The summed E-state index contributed by atoms with van der Waals surface area (Å²) in [6.07, 6.45) is 2.17. The first-order valence-corrected chi connectivity index (χ1v) is 10.1. The van der Waals surface area contributed by atoms with E-state index >= 15 is 0 Å². The summed E-state index contributed by atoms with van der Waals surface area (Å²) in [6, 6.07) is 4.42. The van der Waals surface area contributed by atoms with E-state index in [2.05, 4.69) is 15.5 Å². The van der Waals surface area contributed by atoms with E-state index in [0.717, 1.165) is 30.2 Å². The van der Waals surface area contributed by atoms with E-state index in [-0.39, 0.29) is 24.1 Å². The van der Waals surface area contributed by atoms with Crippen LogP contribution in [0.2, 0.25) is 0 Å². The van der Waals surface area contributed by atoms with Crippen LogP contribution in [0.4, 0.5) is 8.78 Å². The Bertz CT molecular complexity index is 889. The molecule has 2 aromatic rings. The van der Waals surface area contributed by atoms with Gasteiger partial charge < -0.3 is 10.2 Å². The third kappa shape index (κ3) is 6.05. The molecule has 30 heavy (non-hydrogen) atoms. The van der Waals surface area contributed by atoms with Crippen LogP contribution in [-0.2, 0) is 17.8 Å². The zero-order chi connectivity index (χ0) is 22.3. The number of carbonyl (C=O) groups excluding carboxylic acids is 2. The summed E-state index contributed by atoms with van der Waals surface area (Å²) in [5.74, 6) is -1.91. The van der Waals surface area contributed by atoms with Gasteiger partial charge in [-0.2, -0.15) is 10.2 Å². The normalized spacial score (nSPS) is 12.0. The Labute approximate surface area is 175 Å². The van der Waals surface area contributed by atoms with Gasteiger partial charge in [0.15, 0.2) is 0 Å². The molecule has 1 unspecified atom stereocenters. The van der Waals surface area contributed by atoms with Gasteiger partial charge in [-0.3, -0.25) is 9.59 Å². The summed E-state index contributed by atoms with van der Waals surface area (Å²) in [7, 11) is 0. The minimum atomic E-state index is -0.765. The Balaban J connectivity index is 2.38. The monoisotopic (exact) mass is 418 g/mol. The minimum absolute atomic E-state index is 0.115. The number of carbonyl (C=O) groups is 2. The number of nitrogens with one attached hydrogen (secondary N) is 1. The molecule has 0 aliphatic rings. The second-order valence-corrected chi connectivity index (χ2v) is 7.70. The summed E-state index contributed by atoms with van der Waals surface area (Å²) < 4.78 is 27.8. The lowest BCUT2D eigenvalue weighted by Gasteiger charge is -2.25. The first-order valence-electron chi connectivity index (χ1n) is 10.1. The maximum absolute atomic E-state index is 14.2. The van der Waals surface area contributed by atoms with Crippen LogP contribution in [0.1, 0.15) is 67.5 Å². The maximum Gasteiger partial charge on any atom is 0.257 e. The molecular weight excluding hydrogens is 390 g/mol. The first-order chi connectivity index (χ1) is 14.3. The van der Waals surface area contributed by atoms with Crippen LogP contribution < -0.4 is 5.32 Å². The molecule has 162 valence electrons. The summed E-state index contributed by atoms with van der Waals surface area (Å²) in [4.78, 5) is 25.2. The third-order valence-corrected chi connectivity index (χ3v) is 4.63. The molecule has 0 bridgehead atoms. The standard InChI is InChI=1S/C22H28F2N4O2/c1-5-6-16-9-20(15(4)25-13-29)26-27-21(16)12-28(11-14(2)3)22(30)18-10-17(23)7-8-19(18)24/h7-10,13-15H,5-6,11-12H2,1-4H3,(H,25,29). The van der Waals surface area contributed by atoms with Gasteiger partial charge in [-0.05, 0) is 49.1 Å². The van der Waals surface area contributed by atoms with Crippen molar-refractivity contribution in [2.75, 3.05) is 6.54 Å². The molecule has 6 nitrogen and oxygen atoms in total. The number of hydrogen-bond donors (Lipinski definition) is 1. The molecule has 1 heterocycles. The molecule has 0 fully saturated rings. The van der Waals surface area contributed by atoms with Gasteiger partial charge in [-0.1, -0.05) is 27.2 Å². The molecule has 0 aliphatic carbocycles. The minimum Gasteiger partial charge on any atom is -0.351 e. The van der Waals surface area contributed by atoms with Gasteiger partial charge in [-0.25, -0.2) is 8.78 Å². The first kappa shape index (κ1) is 23.4. The summed E-state index contributed by atoms with van der Waals surface area (Å²) in [6.45, 7) is 8.19. The molecule has 2 amide bonds. The predicted octanol–water partition coefficient (Wildman–Crippen LogP) is 3.81. The van der Waals surface area contributed by atoms with Crippen LogP contribution in [0.5, 0.6) is 0 Å². The van der Waals surface area contributed by atoms with Crippen molar-refractivity contribution >= 4 is 12.3 Å². The topological polar surface area (TPSA) is 75.2 Å². The number of nitrogens with zero attached hydrogens (tertiary/aromatic N) is 3. The number of aromatic nitrogens is 2. The smallest absolute Gasteiger partial charge is 0.257 e. The fourth-order valence-corrected chi connectivity index (χ4v) is 3.16. The van der Waals surface area contributed by atoms with Crippen molar-refractivity contribution in [2.24, 2.45) is 5.92 Å². The van der Waals surface area contributed by atoms with Gasteiger partial charge >= 0.3 is 0 Å². The lowest BCUT2D eigenvalue weighted by Crippen LogP contribution is -2.35. The van der Waals surface area contributed by atoms with Gasteiger partial charge in [0.2, 0.25) is 6.41 Å². The highest BCUT2D eigenvalue weighted by Gasteiger charge is 2.23. The van der Waals surface area contributed by atoms with E-state index in [4.69, 9.17) is 0 Å². The average Bonchev–Trinajstić information content (AvgIpc) is 2.70. The number of rotatable bonds is 10. The molecule has 1 aromatic heterocycles. The molecule has 0 saturated carbocycles. The summed E-state index contributed by atoms with van der Waals surface area (Å²) >= 11 is 0. The second-order valence-electron chi connectivity index (χ2n) is 7.70. The molecule has 0 saturated heterocycles. The van der Waals surface area contributed by atoms with Crippen molar-refractivity contribution in [3.05, 3.63) is 58.4 Å². The summed E-state index contributed by atoms with van der Waals surface area (Å²) in [5.41, 5.74) is 1.82. The van der Waals surface area contributed by atoms with Gasteiger partial charge in [0, 0.05) is 6.54 Å². The fourth-order valence-electron chi connectivity index (χ4n) is 3.16. The quantitative estimate of drug-likeness (QED) is 0.596. The third-order valence-electron chi connectivity index (χ3n) is 4.63. The molecule has 0 radical (unpaired) electrons. The average molecular weight is 418 g/mol. The van der Waals surface area contributed by atoms with Crippen molar-refractivity contribution in [3.8, 4) is 0 Å². The van der Waals surface area contributed by atoms with Crippen molar-refractivity contribution < 1.29 is 18.4 Å². The van der Waals surface area contributed by atoms with Gasteiger partial charge in [0.25, 0.3) is 5.91 Å². The van der Waals surface area contributed by atoms with Gasteiger partial charge in [0.05, 0.1) is 29.5 Å². The molecule has 1 aromatic carbocycles. The predicted molar refractivity (Wildman–Crippen MR) is 110 cm³/mol. The number of amides is 2. The molecule has 0 aliphatic heterocycles. The van der Waals surface area contributed by atoms with Crippen LogP contribution >= 0.6 is 0 Å². The number of halogens is 2. The SMILES string of the molecule is CCCc1cc(C(C)NC=O)nnc1CN(CC(C)C)C(=O)c1cc(F)ccc1F. The second kappa shape index (κ2) is 10.8. The molecule has 1 N–H and O–H groups in total. The van der Waals surface area contributed by atoms with Crippen LogP contribution in [-0.4, -0.2) is 34.0 Å². The molecular formula is C22H28F2N4O2. The van der Waals surface area contributed by atoms with E-state index in [9.17, 15) is 18.4 Å². The van der Waals surface area contributed by atoms with E-state index in [1.807, 2.05) is 26.8 Å². The van der Waals surface area contributed by atoms with E-state index in [1.54, 1.807) is 6.92 Å². The highest BCUT2D eigenvalue weighted by atomic mass is 19.1. The Morgan fingerprint density at radius 2 is 1.93 bits per heavy atom. The van der Waals surface area contributed by atoms with Crippen molar-refractivity contribution in [2.45, 2.75) is 53.1 Å². The van der Waals surface area contributed by atoms with E-state index in [1.165, 1.54) is 4.90 Å². The van der Waals surface area contributed by atoms with Crippen LogP contribution in [0.3, 0.4) is 0 Å². The van der Waals surface area contributed by atoms with E-state index < -0.39 is 17.5 Å². The Morgan fingerprint density at radius 3 is 2.57 bits per heavy atom. The van der Waals surface area contributed by atoms with Crippen molar-refractivity contribution in [1.29, 1.82) is 0 Å². The van der Waals surface area contributed by atoms with Crippen LogP contribution in [0, 0.1) is 17.6 Å². The number of hydrogen-bond acceptors (Lipinski definition) is 4. The lowest BCUT2D eigenvalue weighted by molar-refractivity contribution is -0.110. The number of benzene rings is 1. The molecule has 0 spiro atoms. The maximum atomic E-state index is 14.2. The zero-order valence-electron chi connectivity index (χ0n) is 17.8. The van der Waals surface area contributed by atoms with Crippen LogP contribution in [0.15, 0.2) is 24.3 Å². The van der Waals surface area contributed by atoms with Gasteiger partial charge in [-0.15, -0.1) is 0 Å². The zero-order valence-corrected chi connectivity index (χ0v) is 17.8.